The second-order valence-electron chi connectivity index (χ2n) is 6.56. The fourth-order valence-corrected chi connectivity index (χ4v) is 2.30. The van der Waals surface area contributed by atoms with Gasteiger partial charge in [-0.1, -0.05) is 49.7 Å². The molecule has 2 aromatic rings. The molecule has 0 saturated carbocycles. The van der Waals surface area contributed by atoms with Crippen molar-refractivity contribution < 1.29 is 14.4 Å². The molecule has 2 aromatic carbocycles. The summed E-state index contributed by atoms with van der Waals surface area (Å²) >= 11 is 0. The fourth-order valence-electron chi connectivity index (χ4n) is 2.30. The van der Waals surface area contributed by atoms with Gasteiger partial charge in [-0.15, -0.1) is 0 Å². The number of carbonyl (C=O) groups is 3. The molecule has 2 N–H and O–H groups in total. The minimum absolute atomic E-state index is 0.0573. The second kappa shape index (κ2) is 8.94. The summed E-state index contributed by atoms with van der Waals surface area (Å²) in [5, 5.41) is 5.55. The van der Waals surface area contributed by atoms with E-state index in [9.17, 15) is 14.4 Å². The van der Waals surface area contributed by atoms with E-state index in [2.05, 4.69) is 10.6 Å². The van der Waals surface area contributed by atoms with Gasteiger partial charge < -0.3 is 10.6 Å². The molecule has 0 aliphatic heterocycles. The van der Waals surface area contributed by atoms with Crippen LogP contribution in [-0.2, 0) is 9.59 Å². The van der Waals surface area contributed by atoms with Crippen molar-refractivity contribution in [2.24, 2.45) is 5.92 Å². The molecular formula is C21H24N2O3. The standard InChI is InChI=1S/C21H24N2O3/c1-14(2)21(26)23-18-6-4-5-17(13-18)22-20(25)12-11-19(24)16-9-7-15(3)8-10-16/h4-10,13-14H,11-12H2,1-3H3,(H,22,25)(H,23,26). The summed E-state index contributed by atoms with van der Waals surface area (Å²) in [7, 11) is 0. The van der Waals surface area contributed by atoms with Gasteiger partial charge in [0.05, 0.1) is 0 Å². The van der Waals surface area contributed by atoms with Crippen LogP contribution in [0.4, 0.5) is 11.4 Å². The number of hydrogen-bond donors (Lipinski definition) is 2. The molecule has 0 saturated heterocycles. The Labute approximate surface area is 153 Å². The lowest BCUT2D eigenvalue weighted by atomic mass is 10.0. The fraction of sp³-hybridized carbons (Fsp3) is 0.286. The summed E-state index contributed by atoms with van der Waals surface area (Å²) < 4.78 is 0. The quantitative estimate of drug-likeness (QED) is 0.734. The maximum atomic E-state index is 12.1. The summed E-state index contributed by atoms with van der Waals surface area (Å²) in [4.78, 5) is 36.0. The lowest BCUT2D eigenvalue weighted by Gasteiger charge is -2.10. The van der Waals surface area contributed by atoms with E-state index in [4.69, 9.17) is 0 Å². The van der Waals surface area contributed by atoms with E-state index in [-0.39, 0.29) is 36.4 Å². The number of carbonyl (C=O) groups excluding carboxylic acids is 3. The SMILES string of the molecule is Cc1ccc(C(=O)CCC(=O)Nc2cccc(NC(=O)C(C)C)c2)cc1. The molecule has 0 aliphatic carbocycles. The van der Waals surface area contributed by atoms with Crippen LogP contribution >= 0.6 is 0 Å². The van der Waals surface area contributed by atoms with Crippen LogP contribution in [-0.4, -0.2) is 17.6 Å². The van der Waals surface area contributed by atoms with Crippen molar-refractivity contribution in [3.8, 4) is 0 Å². The molecule has 0 fully saturated rings. The number of hydrogen-bond acceptors (Lipinski definition) is 3. The predicted molar refractivity (Wildman–Crippen MR) is 103 cm³/mol. The van der Waals surface area contributed by atoms with Gasteiger partial charge in [0.25, 0.3) is 0 Å². The Morgan fingerprint density at radius 1 is 0.885 bits per heavy atom. The molecule has 5 nitrogen and oxygen atoms in total. The van der Waals surface area contributed by atoms with Crippen LogP contribution in [0.1, 0.15) is 42.6 Å². The number of amides is 2. The molecule has 0 heterocycles. The number of benzene rings is 2. The van der Waals surface area contributed by atoms with E-state index in [0.29, 0.717) is 16.9 Å². The van der Waals surface area contributed by atoms with Crippen molar-refractivity contribution in [3.05, 3.63) is 59.7 Å². The number of ketones is 1. The first-order chi connectivity index (χ1) is 12.3. The summed E-state index contributed by atoms with van der Waals surface area (Å²) in [5.74, 6) is -0.505. The van der Waals surface area contributed by atoms with Crippen LogP contribution in [0.15, 0.2) is 48.5 Å². The minimum atomic E-state index is -0.238. The topological polar surface area (TPSA) is 75.3 Å². The molecule has 136 valence electrons. The molecule has 0 aromatic heterocycles. The Hall–Kier alpha value is -2.95. The second-order valence-corrected chi connectivity index (χ2v) is 6.56. The van der Waals surface area contributed by atoms with Crippen LogP contribution in [0.2, 0.25) is 0 Å². The average molecular weight is 352 g/mol. The molecule has 0 bridgehead atoms. The molecule has 0 atom stereocenters. The van der Waals surface area contributed by atoms with Gasteiger partial charge in [-0.25, -0.2) is 0 Å². The highest BCUT2D eigenvalue weighted by molar-refractivity contribution is 6.00. The Kier molecular flexibility index (Phi) is 6.67. The van der Waals surface area contributed by atoms with E-state index in [1.54, 1.807) is 36.4 Å². The highest BCUT2D eigenvalue weighted by atomic mass is 16.2. The molecule has 0 unspecified atom stereocenters. The molecule has 0 spiro atoms. The van der Waals surface area contributed by atoms with Crippen molar-refractivity contribution in [3.63, 3.8) is 0 Å². The zero-order chi connectivity index (χ0) is 19.1. The lowest BCUT2D eigenvalue weighted by molar-refractivity contribution is -0.119. The van der Waals surface area contributed by atoms with E-state index >= 15 is 0 Å². The van der Waals surface area contributed by atoms with Crippen LogP contribution in [0.3, 0.4) is 0 Å². The number of rotatable bonds is 7. The average Bonchev–Trinajstić information content (AvgIpc) is 2.60. The van der Waals surface area contributed by atoms with Gasteiger partial charge in [-0.05, 0) is 25.1 Å². The van der Waals surface area contributed by atoms with Gasteiger partial charge in [-0.3, -0.25) is 14.4 Å². The molecule has 26 heavy (non-hydrogen) atoms. The van der Waals surface area contributed by atoms with Crippen LogP contribution in [0.5, 0.6) is 0 Å². The number of nitrogens with one attached hydrogen (secondary N) is 2. The summed E-state index contributed by atoms with van der Waals surface area (Å²) in [5.41, 5.74) is 2.90. The number of Topliss-reactive ketones (excluding diaryl/α,β-unsaturated/α-hetero) is 1. The van der Waals surface area contributed by atoms with Crippen molar-refractivity contribution in [1.82, 2.24) is 0 Å². The summed E-state index contributed by atoms with van der Waals surface area (Å²) in [6.07, 6.45) is 0.258. The lowest BCUT2D eigenvalue weighted by Crippen LogP contribution is -2.18. The van der Waals surface area contributed by atoms with Crippen molar-refractivity contribution in [2.75, 3.05) is 10.6 Å². The third-order valence-electron chi connectivity index (χ3n) is 3.89. The van der Waals surface area contributed by atoms with E-state index in [1.807, 2.05) is 32.9 Å². The molecule has 0 aliphatic rings. The van der Waals surface area contributed by atoms with Gasteiger partial charge in [0.2, 0.25) is 11.8 Å². The number of aryl methyl sites for hydroxylation is 1. The maximum absolute atomic E-state index is 12.1. The zero-order valence-corrected chi connectivity index (χ0v) is 15.3. The summed E-state index contributed by atoms with van der Waals surface area (Å²) in [6, 6.07) is 14.3. The molecule has 2 rings (SSSR count). The highest BCUT2D eigenvalue weighted by Crippen LogP contribution is 2.16. The molecule has 5 heteroatoms. The van der Waals surface area contributed by atoms with E-state index < -0.39 is 0 Å². The van der Waals surface area contributed by atoms with Crippen LogP contribution in [0.25, 0.3) is 0 Å². The minimum Gasteiger partial charge on any atom is -0.326 e. The molecule has 0 radical (unpaired) electrons. The van der Waals surface area contributed by atoms with Gasteiger partial charge in [0.15, 0.2) is 5.78 Å². The molecule has 2 amide bonds. The normalized spacial score (nSPS) is 10.5. The first kappa shape index (κ1) is 19.4. The predicted octanol–water partition coefficient (Wildman–Crippen LogP) is 4.19. The monoisotopic (exact) mass is 352 g/mol. The van der Waals surface area contributed by atoms with Crippen molar-refractivity contribution >= 4 is 29.0 Å². The largest absolute Gasteiger partial charge is 0.326 e. The smallest absolute Gasteiger partial charge is 0.226 e. The first-order valence-electron chi connectivity index (χ1n) is 8.66. The van der Waals surface area contributed by atoms with Gasteiger partial charge in [-0.2, -0.15) is 0 Å². The van der Waals surface area contributed by atoms with E-state index in [1.165, 1.54) is 0 Å². The third kappa shape index (κ3) is 5.84. The van der Waals surface area contributed by atoms with Crippen LogP contribution in [0, 0.1) is 12.8 Å². The Bertz CT molecular complexity index is 795. The Morgan fingerprint density at radius 2 is 1.50 bits per heavy atom. The highest BCUT2D eigenvalue weighted by Gasteiger charge is 2.11. The van der Waals surface area contributed by atoms with Gasteiger partial charge in [0.1, 0.15) is 0 Å². The third-order valence-corrected chi connectivity index (χ3v) is 3.89. The Balaban J connectivity index is 1.88. The number of anilines is 2. The van der Waals surface area contributed by atoms with Gasteiger partial charge in [0, 0.05) is 35.7 Å². The zero-order valence-electron chi connectivity index (χ0n) is 15.3. The van der Waals surface area contributed by atoms with Crippen molar-refractivity contribution in [2.45, 2.75) is 33.6 Å². The Morgan fingerprint density at radius 3 is 2.12 bits per heavy atom. The van der Waals surface area contributed by atoms with Crippen LogP contribution < -0.4 is 10.6 Å². The first-order valence-corrected chi connectivity index (χ1v) is 8.66. The van der Waals surface area contributed by atoms with Gasteiger partial charge >= 0.3 is 0 Å². The molecular weight excluding hydrogens is 328 g/mol. The van der Waals surface area contributed by atoms with Crippen molar-refractivity contribution in [1.29, 1.82) is 0 Å². The summed E-state index contributed by atoms with van der Waals surface area (Å²) in [6.45, 7) is 5.58. The maximum Gasteiger partial charge on any atom is 0.226 e. The van der Waals surface area contributed by atoms with E-state index in [0.717, 1.165) is 5.56 Å².